The number of hydrogen-bond donors (Lipinski definition) is 3. The molecule has 0 aliphatic carbocycles. The molecule has 0 saturated heterocycles. The van der Waals surface area contributed by atoms with E-state index < -0.39 is 26.0 Å². The molecular weight excluding hydrogens is 570 g/mol. The standard InChI is InChI=1S/C29H28ClN3O5S2/c1-18-9-11-24(16-20(18)3)32-40(37,38)28-17-22(10-8-19(28)2)29(34)31-23-12-14-25(15-13-23)39(35,36)33-27-7-5-6-26(30)21(27)4/h5-17,32-33H,1-4H3,(H,31,34). The van der Waals surface area contributed by atoms with Crippen molar-refractivity contribution in [1.82, 2.24) is 0 Å². The first-order valence-electron chi connectivity index (χ1n) is 12.2. The highest BCUT2D eigenvalue weighted by molar-refractivity contribution is 7.93. The summed E-state index contributed by atoms with van der Waals surface area (Å²) in [5.41, 5.74) is 4.30. The van der Waals surface area contributed by atoms with Crippen LogP contribution < -0.4 is 14.8 Å². The molecule has 0 unspecified atom stereocenters. The third-order valence-corrected chi connectivity index (χ3v) is 9.75. The first-order valence-corrected chi connectivity index (χ1v) is 15.5. The van der Waals surface area contributed by atoms with E-state index in [1.807, 2.05) is 19.9 Å². The molecule has 0 atom stereocenters. The summed E-state index contributed by atoms with van der Waals surface area (Å²) in [7, 11) is -7.87. The van der Waals surface area contributed by atoms with Gasteiger partial charge in [0.05, 0.1) is 15.5 Å². The lowest BCUT2D eigenvalue weighted by Gasteiger charge is -2.14. The topological polar surface area (TPSA) is 121 Å². The number of anilines is 3. The molecule has 0 fully saturated rings. The second-order valence-electron chi connectivity index (χ2n) is 9.38. The van der Waals surface area contributed by atoms with Gasteiger partial charge in [0.2, 0.25) is 0 Å². The van der Waals surface area contributed by atoms with Gasteiger partial charge in [-0.15, -0.1) is 0 Å². The van der Waals surface area contributed by atoms with Gasteiger partial charge in [0.25, 0.3) is 26.0 Å². The number of nitrogens with one attached hydrogen (secondary N) is 3. The molecule has 1 amide bonds. The minimum absolute atomic E-state index is 0.00833. The van der Waals surface area contributed by atoms with Gasteiger partial charge < -0.3 is 5.32 Å². The van der Waals surface area contributed by atoms with E-state index in [2.05, 4.69) is 14.8 Å². The molecule has 208 valence electrons. The van der Waals surface area contributed by atoms with Gasteiger partial charge in [0, 0.05) is 22.0 Å². The fourth-order valence-electron chi connectivity index (χ4n) is 3.89. The van der Waals surface area contributed by atoms with Crippen molar-refractivity contribution in [2.45, 2.75) is 37.5 Å². The van der Waals surface area contributed by atoms with E-state index in [4.69, 9.17) is 11.6 Å². The zero-order valence-corrected chi connectivity index (χ0v) is 24.6. The maximum absolute atomic E-state index is 13.1. The van der Waals surface area contributed by atoms with Crippen LogP contribution in [0.4, 0.5) is 17.1 Å². The van der Waals surface area contributed by atoms with Crippen LogP contribution >= 0.6 is 11.6 Å². The van der Waals surface area contributed by atoms with Crippen molar-refractivity contribution in [3.8, 4) is 0 Å². The number of hydrogen-bond acceptors (Lipinski definition) is 5. The summed E-state index contributed by atoms with van der Waals surface area (Å²) in [6.45, 7) is 7.18. The Bertz CT molecular complexity index is 1820. The van der Waals surface area contributed by atoms with Crippen molar-refractivity contribution in [2.24, 2.45) is 0 Å². The van der Waals surface area contributed by atoms with Crippen LogP contribution in [-0.2, 0) is 20.0 Å². The Morgan fingerprint density at radius 1 is 0.675 bits per heavy atom. The smallest absolute Gasteiger partial charge is 0.262 e. The van der Waals surface area contributed by atoms with Crippen LogP contribution in [0, 0.1) is 27.7 Å². The van der Waals surface area contributed by atoms with Crippen LogP contribution in [0.2, 0.25) is 5.02 Å². The summed E-state index contributed by atoms with van der Waals surface area (Å²) < 4.78 is 57.1. The average molecular weight is 598 g/mol. The molecule has 40 heavy (non-hydrogen) atoms. The van der Waals surface area contributed by atoms with Crippen LogP contribution in [0.3, 0.4) is 0 Å². The van der Waals surface area contributed by atoms with Crippen molar-refractivity contribution in [3.63, 3.8) is 0 Å². The molecular formula is C29H28ClN3O5S2. The Balaban J connectivity index is 1.51. The molecule has 0 aliphatic rings. The molecule has 8 nitrogen and oxygen atoms in total. The van der Waals surface area contributed by atoms with Crippen molar-refractivity contribution < 1.29 is 21.6 Å². The molecule has 4 aromatic rings. The molecule has 4 aromatic carbocycles. The first kappa shape index (κ1) is 29.1. The zero-order chi connectivity index (χ0) is 29.2. The monoisotopic (exact) mass is 597 g/mol. The number of halogens is 1. The minimum atomic E-state index is -3.97. The summed E-state index contributed by atoms with van der Waals surface area (Å²) in [4.78, 5) is 12.9. The third kappa shape index (κ3) is 6.47. The minimum Gasteiger partial charge on any atom is -0.322 e. The molecule has 11 heteroatoms. The summed E-state index contributed by atoms with van der Waals surface area (Å²) in [5.74, 6) is -0.550. The number of carbonyl (C=O) groups excluding carboxylic acids is 1. The van der Waals surface area contributed by atoms with E-state index in [1.54, 1.807) is 50.2 Å². The van der Waals surface area contributed by atoms with E-state index in [0.717, 1.165) is 11.1 Å². The largest absolute Gasteiger partial charge is 0.322 e. The second kappa shape index (κ2) is 11.3. The first-order chi connectivity index (χ1) is 18.8. The van der Waals surface area contributed by atoms with E-state index in [1.165, 1.54) is 36.4 Å². The van der Waals surface area contributed by atoms with Crippen LogP contribution in [0.15, 0.2) is 88.7 Å². The highest BCUT2D eigenvalue weighted by Crippen LogP contribution is 2.27. The van der Waals surface area contributed by atoms with Crippen molar-refractivity contribution in [3.05, 3.63) is 112 Å². The fraction of sp³-hybridized carbons (Fsp3) is 0.138. The molecule has 0 radical (unpaired) electrons. The number of rotatable bonds is 8. The number of amides is 1. The van der Waals surface area contributed by atoms with Gasteiger partial charge in [-0.05, 0) is 111 Å². The Hall–Kier alpha value is -3.86. The summed E-state index contributed by atoms with van der Waals surface area (Å²) in [6, 6.07) is 20.2. The highest BCUT2D eigenvalue weighted by Gasteiger charge is 2.20. The summed E-state index contributed by atoms with van der Waals surface area (Å²) in [6.07, 6.45) is 0. The fourth-order valence-corrected chi connectivity index (χ4v) is 6.51. The Labute approximate surface area is 239 Å². The predicted molar refractivity (Wildman–Crippen MR) is 159 cm³/mol. The van der Waals surface area contributed by atoms with Crippen LogP contribution in [0.1, 0.15) is 32.6 Å². The maximum atomic E-state index is 13.1. The number of sulfonamides is 2. The molecule has 0 heterocycles. The molecule has 0 bridgehead atoms. The van der Waals surface area contributed by atoms with Crippen molar-refractivity contribution >= 4 is 54.6 Å². The van der Waals surface area contributed by atoms with Crippen LogP contribution in [0.5, 0.6) is 0 Å². The molecule has 3 N–H and O–H groups in total. The van der Waals surface area contributed by atoms with Crippen LogP contribution in [0.25, 0.3) is 0 Å². The number of aryl methyl sites for hydroxylation is 3. The normalized spacial score (nSPS) is 11.6. The highest BCUT2D eigenvalue weighted by atomic mass is 35.5. The molecule has 0 saturated carbocycles. The van der Waals surface area contributed by atoms with E-state index in [9.17, 15) is 21.6 Å². The maximum Gasteiger partial charge on any atom is 0.262 e. The van der Waals surface area contributed by atoms with Gasteiger partial charge in [-0.2, -0.15) is 0 Å². The average Bonchev–Trinajstić information content (AvgIpc) is 2.89. The van der Waals surface area contributed by atoms with Gasteiger partial charge in [-0.1, -0.05) is 29.8 Å². The molecule has 4 rings (SSSR count). The lowest BCUT2D eigenvalue weighted by molar-refractivity contribution is 0.102. The Kier molecular flexibility index (Phi) is 8.25. The lowest BCUT2D eigenvalue weighted by Crippen LogP contribution is -2.17. The second-order valence-corrected chi connectivity index (χ2v) is 13.1. The lowest BCUT2D eigenvalue weighted by atomic mass is 10.1. The SMILES string of the molecule is Cc1ccc(NS(=O)(=O)c2cc(C(=O)Nc3ccc(S(=O)(=O)Nc4cccc(Cl)c4C)cc3)ccc2C)cc1C. The van der Waals surface area contributed by atoms with Gasteiger partial charge in [-0.3, -0.25) is 14.2 Å². The number of carbonyl (C=O) groups is 1. The van der Waals surface area contributed by atoms with Gasteiger partial charge >= 0.3 is 0 Å². The third-order valence-electron chi connectivity index (χ3n) is 6.43. The van der Waals surface area contributed by atoms with Gasteiger partial charge in [0.15, 0.2) is 0 Å². The van der Waals surface area contributed by atoms with Crippen molar-refractivity contribution in [1.29, 1.82) is 0 Å². The number of benzene rings is 4. The van der Waals surface area contributed by atoms with Crippen molar-refractivity contribution in [2.75, 3.05) is 14.8 Å². The quantitative estimate of drug-likeness (QED) is 0.216. The van der Waals surface area contributed by atoms with E-state index in [0.29, 0.717) is 33.2 Å². The molecule has 0 aromatic heterocycles. The predicted octanol–water partition coefficient (Wildman–Crippen LogP) is 6.43. The Morgan fingerprint density at radius 3 is 2.00 bits per heavy atom. The Morgan fingerprint density at radius 2 is 1.32 bits per heavy atom. The van der Waals surface area contributed by atoms with E-state index in [-0.39, 0.29) is 15.4 Å². The van der Waals surface area contributed by atoms with Gasteiger partial charge in [0.1, 0.15) is 0 Å². The molecule has 0 spiro atoms. The van der Waals surface area contributed by atoms with Gasteiger partial charge in [-0.25, -0.2) is 16.8 Å². The van der Waals surface area contributed by atoms with E-state index >= 15 is 0 Å². The summed E-state index contributed by atoms with van der Waals surface area (Å²) in [5, 5.41) is 3.11. The zero-order valence-electron chi connectivity index (χ0n) is 22.2. The molecule has 0 aliphatic heterocycles. The summed E-state index contributed by atoms with van der Waals surface area (Å²) >= 11 is 6.09. The van der Waals surface area contributed by atoms with Crippen LogP contribution in [-0.4, -0.2) is 22.7 Å².